The molecule has 0 fully saturated rings. The van der Waals surface area contributed by atoms with Gasteiger partial charge in [-0.15, -0.1) is 0 Å². The van der Waals surface area contributed by atoms with E-state index in [0.29, 0.717) is 32.7 Å². The van der Waals surface area contributed by atoms with E-state index < -0.39 is 0 Å². The minimum atomic E-state index is -0.296. The number of nitrogens with one attached hydrogen (secondary N) is 1. The molecule has 1 amide bonds. The highest BCUT2D eigenvalue weighted by Gasteiger charge is 2.22. The normalized spacial score (nSPS) is 11.8. The maximum Gasteiger partial charge on any atom is 0.245 e. The number of ether oxygens (including phenoxy) is 3. The lowest BCUT2D eigenvalue weighted by molar-refractivity contribution is -0.133. The van der Waals surface area contributed by atoms with Gasteiger partial charge in [0.1, 0.15) is 11.8 Å². The third-order valence-corrected chi connectivity index (χ3v) is 3.56. The lowest BCUT2D eigenvalue weighted by Crippen LogP contribution is -2.45. The highest BCUT2D eigenvalue weighted by Crippen LogP contribution is 2.18. The Hall–Kier alpha value is -1.79. The molecule has 1 rings (SSSR count). The fourth-order valence-corrected chi connectivity index (χ4v) is 2.21. The minimum Gasteiger partial charge on any atom is -0.497 e. The molecule has 0 bridgehead atoms. The molecular formula is C17H28N2O4. The molecule has 23 heavy (non-hydrogen) atoms. The summed E-state index contributed by atoms with van der Waals surface area (Å²) in [5.74, 6) is 0.803. The molecule has 0 aliphatic rings. The van der Waals surface area contributed by atoms with E-state index in [1.807, 2.05) is 31.2 Å². The van der Waals surface area contributed by atoms with E-state index in [1.54, 1.807) is 26.2 Å². The van der Waals surface area contributed by atoms with Crippen LogP contribution in [0.15, 0.2) is 24.3 Å². The monoisotopic (exact) mass is 324 g/mol. The van der Waals surface area contributed by atoms with Crippen molar-refractivity contribution in [3.8, 4) is 5.75 Å². The lowest BCUT2D eigenvalue weighted by atomic mass is 10.1. The molecule has 1 atom stereocenters. The molecule has 130 valence electrons. The first-order chi connectivity index (χ1) is 11.2. The van der Waals surface area contributed by atoms with Crippen molar-refractivity contribution in [1.29, 1.82) is 0 Å². The molecule has 0 saturated heterocycles. The fraction of sp³-hybridized carbons (Fsp3) is 0.588. The van der Waals surface area contributed by atoms with Gasteiger partial charge in [0.25, 0.3) is 0 Å². The second-order valence-corrected chi connectivity index (χ2v) is 5.15. The molecule has 1 aromatic rings. The molecule has 0 saturated carbocycles. The van der Waals surface area contributed by atoms with Crippen molar-refractivity contribution in [2.24, 2.45) is 0 Å². The third-order valence-electron chi connectivity index (χ3n) is 3.56. The van der Waals surface area contributed by atoms with Crippen LogP contribution in [0.2, 0.25) is 0 Å². The summed E-state index contributed by atoms with van der Waals surface area (Å²) in [7, 11) is 4.88. The Morgan fingerprint density at radius 1 is 1.17 bits per heavy atom. The second-order valence-electron chi connectivity index (χ2n) is 5.15. The van der Waals surface area contributed by atoms with Crippen molar-refractivity contribution >= 4 is 11.6 Å². The lowest BCUT2D eigenvalue weighted by Gasteiger charge is -2.27. The largest absolute Gasteiger partial charge is 0.497 e. The van der Waals surface area contributed by atoms with Gasteiger partial charge >= 0.3 is 0 Å². The van der Waals surface area contributed by atoms with Gasteiger partial charge in [-0.25, -0.2) is 0 Å². The van der Waals surface area contributed by atoms with Gasteiger partial charge in [-0.05, 0) is 18.6 Å². The second kappa shape index (κ2) is 10.9. The third kappa shape index (κ3) is 6.46. The predicted molar refractivity (Wildman–Crippen MR) is 91.0 cm³/mol. The van der Waals surface area contributed by atoms with Crippen LogP contribution in [-0.4, -0.2) is 64.5 Å². The van der Waals surface area contributed by atoms with Crippen LogP contribution in [0.4, 0.5) is 5.69 Å². The van der Waals surface area contributed by atoms with Crippen molar-refractivity contribution < 1.29 is 19.0 Å². The predicted octanol–water partition coefficient (Wildman–Crippen LogP) is 2.01. The smallest absolute Gasteiger partial charge is 0.245 e. The topological polar surface area (TPSA) is 60.0 Å². The standard InChI is InChI=1S/C17H28N2O4/c1-5-16(18-14-7-6-8-15(13-14)23-4)17(20)19(9-11-21-2)10-12-22-3/h6-8,13,16,18H,5,9-12H2,1-4H3/t16-/m1/s1. The van der Waals surface area contributed by atoms with Crippen LogP contribution in [0.3, 0.4) is 0 Å². The van der Waals surface area contributed by atoms with E-state index in [2.05, 4.69) is 5.32 Å². The van der Waals surface area contributed by atoms with E-state index in [1.165, 1.54) is 0 Å². The Morgan fingerprint density at radius 2 is 1.83 bits per heavy atom. The Morgan fingerprint density at radius 3 is 2.35 bits per heavy atom. The Labute approximate surface area is 138 Å². The van der Waals surface area contributed by atoms with Gasteiger partial charge in [-0.1, -0.05) is 13.0 Å². The summed E-state index contributed by atoms with van der Waals surface area (Å²) in [5.41, 5.74) is 0.864. The quantitative estimate of drug-likeness (QED) is 0.675. The van der Waals surface area contributed by atoms with Gasteiger partial charge in [-0.3, -0.25) is 4.79 Å². The summed E-state index contributed by atoms with van der Waals surface area (Å²) in [4.78, 5) is 14.5. The molecule has 1 aromatic carbocycles. The number of hydrogen-bond donors (Lipinski definition) is 1. The maximum atomic E-state index is 12.8. The van der Waals surface area contributed by atoms with Crippen molar-refractivity contribution in [2.45, 2.75) is 19.4 Å². The van der Waals surface area contributed by atoms with Gasteiger partial charge in [0.2, 0.25) is 5.91 Å². The molecule has 0 aromatic heterocycles. The number of nitrogens with zero attached hydrogens (tertiary/aromatic N) is 1. The van der Waals surface area contributed by atoms with Crippen LogP contribution >= 0.6 is 0 Å². The SMILES string of the molecule is CC[C@@H](Nc1cccc(OC)c1)C(=O)N(CCOC)CCOC. The molecule has 6 heteroatoms. The number of methoxy groups -OCH3 is 3. The average Bonchev–Trinajstić information content (AvgIpc) is 2.59. The molecule has 0 heterocycles. The zero-order valence-electron chi connectivity index (χ0n) is 14.5. The first kappa shape index (κ1) is 19.3. The van der Waals surface area contributed by atoms with Gasteiger partial charge in [0.15, 0.2) is 0 Å². The first-order valence-electron chi connectivity index (χ1n) is 7.83. The van der Waals surface area contributed by atoms with E-state index in [9.17, 15) is 4.79 Å². The van der Waals surface area contributed by atoms with Crippen molar-refractivity contribution in [3.05, 3.63) is 24.3 Å². The summed E-state index contributed by atoms with van der Waals surface area (Å²) < 4.78 is 15.4. The number of hydrogen-bond acceptors (Lipinski definition) is 5. The Bertz CT molecular complexity index is 460. The molecule has 0 aliphatic carbocycles. The molecule has 0 unspecified atom stereocenters. The van der Waals surface area contributed by atoms with Crippen LogP contribution in [0.1, 0.15) is 13.3 Å². The van der Waals surface area contributed by atoms with E-state index in [-0.39, 0.29) is 11.9 Å². The molecule has 6 nitrogen and oxygen atoms in total. The highest BCUT2D eigenvalue weighted by atomic mass is 16.5. The summed E-state index contributed by atoms with van der Waals surface area (Å²) >= 11 is 0. The maximum absolute atomic E-state index is 12.8. The van der Waals surface area contributed by atoms with Gasteiger partial charge in [0.05, 0.1) is 20.3 Å². The number of rotatable bonds is 11. The molecule has 0 spiro atoms. The van der Waals surface area contributed by atoms with Gasteiger partial charge in [-0.2, -0.15) is 0 Å². The van der Waals surface area contributed by atoms with Crippen LogP contribution in [0.25, 0.3) is 0 Å². The first-order valence-corrected chi connectivity index (χ1v) is 7.83. The average molecular weight is 324 g/mol. The zero-order chi connectivity index (χ0) is 17.1. The molecular weight excluding hydrogens is 296 g/mol. The zero-order valence-corrected chi connectivity index (χ0v) is 14.5. The Kier molecular flexibility index (Phi) is 9.09. The number of amides is 1. The summed E-state index contributed by atoms with van der Waals surface area (Å²) in [6.45, 7) is 4.10. The van der Waals surface area contributed by atoms with Gasteiger partial charge < -0.3 is 24.4 Å². The van der Waals surface area contributed by atoms with Crippen molar-refractivity contribution in [1.82, 2.24) is 4.90 Å². The van der Waals surface area contributed by atoms with Crippen molar-refractivity contribution in [3.63, 3.8) is 0 Å². The summed E-state index contributed by atoms with van der Waals surface area (Å²) in [5, 5.41) is 3.28. The number of anilines is 1. The molecule has 1 N–H and O–H groups in total. The van der Waals surface area contributed by atoms with E-state index >= 15 is 0 Å². The van der Waals surface area contributed by atoms with Crippen LogP contribution in [-0.2, 0) is 14.3 Å². The minimum absolute atomic E-state index is 0.0458. The summed E-state index contributed by atoms with van der Waals surface area (Å²) in [6.07, 6.45) is 0.687. The number of carbonyl (C=O) groups excluding carboxylic acids is 1. The van der Waals surface area contributed by atoms with E-state index in [0.717, 1.165) is 11.4 Å². The van der Waals surface area contributed by atoms with Gasteiger partial charge in [0, 0.05) is 39.1 Å². The number of benzene rings is 1. The Balaban J connectivity index is 2.76. The molecule has 0 radical (unpaired) electrons. The number of carbonyl (C=O) groups is 1. The van der Waals surface area contributed by atoms with Crippen LogP contribution < -0.4 is 10.1 Å². The summed E-state index contributed by atoms with van der Waals surface area (Å²) in [6, 6.07) is 7.28. The fourth-order valence-electron chi connectivity index (χ4n) is 2.21. The van der Waals surface area contributed by atoms with Crippen molar-refractivity contribution in [2.75, 3.05) is 52.9 Å². The van der Waals surface area contributed by atoms with E-state index in [4.69, 9.17) is 14.2 Å². The van der Waals surface area contributed by atoms with Crippen LogP contribution in [0.5, 0.6) is 5.75 Å². The highest BCUT2D eigenvalue weighted by molar-refractivity contribution is 5.84. The molecule has 0 aliphatic heterocycles. The van der Waals surface area contributed by atoms with Crippen LogP contribution in [0, 0.1) is 0 Å².